The number of rotatable bonds is 3. The monoisotopic (exact) mass is 235 g/mol. The van der Waals surface area contributed by atoms with Crippen LogP contribution in [0.4, 0.5) is 0 Å². The second-order valence-corrected chi connectivity index (χ2v) is 3.94. The van der Waals surface area contributed by atoms with E-state index in [0.717, 1.165) is 24.4 Å². The van der Waals surface area contributed by atoms with Crippen molar-refractivity contribution < 1.29 is 0 Å². The van der Waals surface area contributed by atoms with Crippen molar-refractivity contribution in [3.8, 4) is 5.69 Å². The molecule has 0 radical (unpaired) electrons. The highest BCUT2D eigenvalue weighted by molar-refractivity contribution is 6.28. The molecule has 2 aromatic rings. The minimum Gasteiger partial charge on any atom is -0.270 e. The molecule has 4 heteroatoms. The van der Waals surface area contributed by atoms with Crippen molar-refractivity contribution in [3.63, 3.8) is 0 Å². The van der Waals surface area contributed by atoms with Gasteiger partial charge in [0.1, 0.15) is 5.82 Å². The fraction of sp³-hybridized carbons (Fsp3) is 0.333. The Morgan fingerprint density at radius 2 is 2.00 bits per heavy atom. The highest BCUT2D eigenvalue weighted by Gasteiger charge is 2.10. The van der Waals surface area contributed by atoms with Gasteiger partial charge in [0.25, 0.3) is 0 Å². The van der Waals surface area contributed by atoms with E-state index in [1.807, 2.05) is 23.6 Å². The molecule has 0 fully saturated rings. The van der Waals surface area contributed by atoms with Gasteiger partial charge in [-0.25, -0.2) is 0 Å². The Balaban J connectivity index is 2.53. The van der Waals surface area contributed by atoms with Gasteiger partial charge in [-0.05, 0) is 35.7 Å². The number of aromatic nitrogens is 3. The van der Waals surface area contributed by atoms with E-state index in [-0.39, 0.29) is 0 Å². The first-order chi connectivity index (χ1) is 7.76. The van der Waals surface area contributed by atoms with E-state index in [2.05, 4.69) is 29.3 Å². The molecule has 0 spiro atoms. The summed E-state index contributed by atoms with van der Waals surface area (Å²) in [5.74, 6) is 0.887. The standard InChI is InChI=1S/C12H14ClN3/c1-3-9-6-5-7-10(8-9)16-11(4-2)14-15-12(16)13/h5-8H,3-4H2,1-2H3. The summed E-state index contributed by atoms with van der Waals surface area (Å²) < 4.78 is 1.89. The molecule has 0 bridgehead atoms. The van der Waals surface area contributed by atoms with Crippen LogP contribution in [0.2, 0.25) is 5.28 Å². The predicted molar refractivity (Wildman–Crippen MR) is 65.1 cm³/mol. The average Bonchev–Trinajstić information content (AvgIpc) is 2.70. The summed E-state index contributed by atoms with van der Waals surface area (Å²) >= 11 is 6.04. The molecule has 3 nitrogen and oxygen atoms in total. The van der Waals surface area contributed by atoms with Crippen LogP contribution in [-0.4, -0.2) is 14.8 Å². The summed E-state index contributed by atoms with van der Waals surface area (Å²) in [4.78, 5) is 0. The second kappa shape index (κ2) is 4.66. The van der Waals surface area contributed by atoms with Crippen LogP contribution >= 0.6 is 11.6 Å². The third kappa shape index (κ3) is 1.95. The molecule has 1 aromatic heterocycles. The molecule has 0 atom stereocenters. The maximum absolute atomic E-state index is 6.04. The van der Waals surface area contributed by atoms with Crippen LogP contribution in [0.1, 0.15) is 25.2 Å². The van der Waals surface area contributed by atoms with Gasteiger partial charge in [0.15, 0.2) is 0 Å². The zero-order chi connectivity index (χ0) is 11.5. The van der Waals surface area contributed by atoms with Crippen molar-refractivity contribution >= 4 is 11.6 Å². The molecule has 1 aromatic carbocycles. The average molecular weight is 236 g/mol. The van der Waals surface area contributed by atoms with Gasteiger partial charge in [-0.2, -0.15) is 0 Å². The number of halogens is 1. The smallest absolute Gasteiger partial charge is 0.229 e. The van der Waals surface area contributed by atoms with Crippen LogP contribution < -0.4 is 0 Å². The van der Waals surface area contributed by atoms with E-state index in [1.54, 1.807) is 0 Å². The van der Waals surface area contributed by atoms with Gasteiger partial charge in [-0.15, -0.1) is 10.2 Å². The topological polar surface area (TPSA) is 30.7 Å². The Labute approximate surface area is 100 Å². The summed E-state index contributed by atoms with van der Waals surface area (Å²) in [7, 11) is 0. The van der Waals surface area contributed by atoms with Crippen LogP contribution in [0.25, 0.3) is 5.69 Å². The van der Waals surface area contributed by atoms with Gasteiger partial charge >= 0.3 is 0 Å². The summed E-state index contributed by atoms with van der Waals surface area (Å²) in [6.45, 7) is 4.17. The van der Waals surface area contributed by atoms with Gasteiger partial charge < -0.3 is 0 Å². The molecule has 0 amide bonds. The van der Waals surface area contributed by atoms with Gasteiger partial charge in [0.2, 0.25) is 5.28 Å². The Kier molecular flexibility index (Phi) is 3.25. The maximum Gasteiger partial charge on any atom is 0.229 e. The zero-order valence-corrected chi connectivity index (χ0v) is 10.2. The molecule has 0 saturated carbocycles. The number of nitrogens with zero attached hydrogens (tertiary/aromatic N) is 3. The zero-order valence-electron chi connectivity index (χ0n) is 9.44. The number of benzene rings is 1. The van der Waals surface area contributed by atoms with Gasteiger partial charge in [0, 0.05) is 6.42 Å². The van der Waals surface area contributed by atoms with Crippen LogP contribution in [0, 0.1) is 0 Å². The van der Waals surface area contributed by atoms with Crippen LogP contribution in [0.15, 0.2) is 24.3 Å². The van der Waals surface area contributed by atoms with E-state index < -0.39 is 0 Å². The van der Waals surface area contributed by atoms with Crippen molar-refractivity contribution in [2.45, 2.75) is 26.7 Å². The van der Waals surface area contributed by atoms with Crippen LogP contribution in [0.5, 0.6) is 0 Å². The number of aryl methyl sites for hydroxylation is 2. The Morgan fingerprint density at radius 1 is 1.19 bits per heavy atom. The quantitative estimate of drug-likeness (QED) is 0.819. The van der Waals surface area contributed by atoms with E-state index in [0.29, 0.717) is 5.28 Å². The molecule has 0 aliphatic heterocycles. The molecule has 2 rings (SSSR count). The van der Waals surface area contributed by atoms with E-state index >= 15 is 0 Å². The van der Waals surface area contributed by atoms with Gasteiger partial charge in [0.05, 0.1) is 5.69 Å². The Morgan fingerprint density at radius 3 is 2.69 bits per heavy atom. The first kappa shape index (κ1) is 11.1. The lowest BCUT2D eigenvalue weighted by atomic mass is 10.1. The first-order valence-electron chi connectivity index (χ1n) is 5.45. The molecule has 84 valence electrons. The molecule has 0 saturated heterocycles. The maximum atomic E-state index is 6.04. The summed E-state index contributed by atoms with van der Waals surface area (Å²) in [5, 5.41) is 8.37. The summed E-state index contributed by atoms with van der Waals surface area (Å²) in [5.41, 5.74) is 2.32. The second-order valence-electron chi connectivity index (χ2n) is 3.60. The molecule has 0 aliphatic carbocycles. The van der Waals surface area contributed by atoms with Crippen molar-refractivity contribution in [1.82, 2.24) is 14.8 Å². The molecule has 0 unspecified atom stereocenters. The fourth-order valence-electron chi connectivity index (χ4n) is 1.69. The van der Waals surface area contributed by atoms with E-state index in [4.69, 9.17) is 11.6 Å². The summed E-state index contributed by atoms with van der Waals surface area (Å²) in [6, 6.07) is 8.28. The molecular formula is C12H14ClN3. The fourth-order valence-corrected chi connectivity index (χ4v) is 1.93. The highest BCUT2D eigenvalue weighted by atomic mass is 35.5. The van der Waals surface area contributed by atoms with E-state index in [1.165, 1.54) is 5.56 Å². The lowest BCUT2D eigenvalue weighted by Crippen LogP contribution is -2.00. The highest BCUT2D eigenvalue weighted by Crippen LogP contribution is 2.18. The lowest BCUT2D eigenvalue weighted by Gasteiger charge is -2.07. The Hall–Kier alpha value is -1.35. The van der Waals surface area contributed by atoms with Crippen molar-refractivity contribution in [2.24, 2.45) is 0 Å². The van der Waals surface area contributed by atoms with Crippen LogP contribution in [0.3, 0.4) is 0 Å². The summed E-state index contributed by atoms with van der Waals surface area (Å²) in [6.07, 6.45) is 1.82. The van der Waals surface area contributed by atoms with Crippen molar-refractivity contribution in [2.75, 3.05) is 0 Å². The normalized spacial score (nSPS) is 10.7. The van der Waals surface area contributed by atoms with E-state index in [9.17, 15) is 0 Å². The first-order valence-corrected chi connectivity index (χ1v) is 5.83. The largest absolute Gasteiger partial charge is 0.270 e. The SMILES string of the molecule is CCc1cccc(-n2c(Cl)nnc2CC)c1. The molecule has 1 heterocycles. The van der Waals surface area contributed by atoms with Gasteiger partial charge in [-0.3, -0.25) is 4.57 Å². The molecule has 16 heavy (non-hydrogen) atoms. The van der Waals surface area contributed by atoms with Crippen molar-refractivity contribution in [1.29, 1.82) is 0 Å². The van der Waals surface area contributed by atoms with Crippen molar-refractivity contribution in [3.05, 3.63) is 40.9 Å². The van der Waals surface area contributed by atoms with Gasteiger partial charge in [-0.1, -0.05) is 26.0 Å². The minimum atomic E-state index is 0.421. The van der Waals surface area contributed by atoms with Crippen LogP contribution in [-0.2, 0) is 12.8 Å². The third-order valence-corrected chi connectivity index (χ3v) is 2.83. The molecular weight excluding hydrogens is 222 g/mol. The molecule has 0 aliphatic rings. The molecule has 0 N–H and O–H groups in total. The third-order valence-electron chi connectivity index (χ3n) is 2.58. The lowest BCUT2D eigenvalue weighted by molar-refractivity contribution is 0.881. The number of hydrogen-bond acceptors (Lipinski definition) is 2. The Bertz CT molecular complexity index is 491. The predicted octanol–water partition coefficient (Wildman–Crippen LogP) is 3.05. The number of hydrogen-bond donors (Lipinski definition) is 0. The minimum absolute atomic E-state index is 0.421.